The maximum Gasteiger partial charge on any atom is 0.125 e. The number of carboxylic acid groups (broad SMARTS) is 1. The Hall–Kier alpha value is -0.660. The Balaban J connectivity index is 3.82. The van der Waals surface area contributed by atoms with Crippen molar-refractivity contribution in [2.75, 3.05) is 5.75 Å². The first kappa shape index (κ1) is 10.3. The van der Waals surface area contributed by atoms with E-state index in [0.717, 1.165) is 0 Å². The average Bonchev–Trinajstić information content (AvgIpc) is 1.80. The van der Waals surface area contributed by atoms with E-state index in [1.807, 2.05) is 0 Å². The molecule has 0 rings (SSSR count). The van der Waals surface area contributed by atoms with Gasteiger partial charge in [0.25, 0.3) is 0 Å². The largest absolute Gasteiger partial charge is 0.748 e. The fourth-order valence-electron chi connectivity index (χ4n) is 0.404. The summed E-state index contributed by atoms with van der Waals surface area (Å²) in [5.74, 6) is -2.16. The van der Waals surface area contributed by atoms with Gasteiger partial charge in [-0.05, 0) is 0 Å². The smallest absolute Gasteiger partial charge is 0.125 e. The van der Waals surface area contributed by atoms with Crippen LogP contribution in [-0.2, 0) is 14.9 Å². The highest BCUT2D eigenvalue weighted by Gasteiger charge is 2.08. The molecule has 0 heterocycles. The van der Waals surface area contributed by atoms with Gasteiger partial charge in [-0.1, -0.05) is 0 Å². The number of carbonyl (C=O) groups excluding carboxylic acids is 1. The molecule has 0 aromatic carbocycles. The van der Waals surface area contributed by atoms with E-state index in [0.29, 0.717) is 0 Å². The highest BCUT2D eigenvalue weighted by molar-refractivity contribution is 7.85. The van der Waals surface area contributed by atoms with Crippen LogP contribution in [0.15, 0.2) is 0 Å². The molecule has 1 unspecified atom stereocenters. The molecule has 0 saturated carbocycles. The SMILES string of the molecule is [NH3+]C(CCS(=O)(=O)[O-])C(=O)[O-]. The molecule has 0 aliphatic carbocycles. The topological polar surface area (TPSA) is 125 Å². The van der Waals surface area contributed by atoms with Gasteiger partial charge in [0.2, 0.25) is 0 Å². The van der Waals surface area contributed by atoms with Crippen LogP contribution in [0.3, 0.4) is 0 Å². The zero-order chi connectivity index (χ0) is 9.07. The second kappa shape index (κ2) is 3.65. The van der Waals surface area contributed by atoms with Crippen LogP contribution in [0, 0.1) is 0 Å². The van der Waals surface area contributed by atoms with E-state index in [4.69, 9.17) is 0 Å². The zero-order valence-electron chi connectivity index (χ0n) is 5.65. The van der Waals surface area contributed by atoms with Crippen LogP contribution in [0.5, 0.6) is 0 Å². The highest BCUT2D eigenvalue weighted by Crippen LogP contribution is 1.89. The molecule has 66 valence electrons. The van der Waals surface area contributed by atoms with Gasteiger partial charge in [0.05, 0.1) is 16.1 Å². The van der Waals surface area contributed by atoms with Gasteiger partial charge >= 0.3 is 0 Å². The summed E-state index contributed by atoms with van der Waals surface area (Å²) in [4.78, 5) is 9.95. The third-order valence-electron chi connectivity index (χ3n) is 1.05. The molecular formula is C4H8NO5S-. The molecule has 0 aromatic rings. The summed E-state index contributed by atoms with van der Waals surface area (Å²) < 4.78 is 29.9. The molecule has 0 saturated heterocycles. The van der Waals surface area contributed by atoms with Crippen molar-refractivity contribution in [2.24, 2.45) is 0 Å². The Morgan fingerprint density at radius 3 is 2.27 bits per heavy atom. The summed E-state index contributed by atoms with van der Waals surface area (Å²) in [7, 11) is -4.33. The number of hydrogen-bond donors (Lipinski definition) is 1. The molecule has 6 nitrogen and oxygen atoms in total. The number of carboxylic acids is 1. The standard InChI is InChI=1S/C4H9NO5S/c5-3(4(6)7)1-2-11(8,9)10/h3H,1-2,5H2,(H,6,7)(H,8,9,10)/p-1. The average molecular weight is 182 g/mol. The van der Waals surface area contributed by atoms with Gasteiger partial charge in [0.1, 0.15) is 6.04 Å². The number of aliphatic carboxylic acids is 1. The summed E-state index contributed by atoms with van der Waals surface area (Å²) in [5.41, 5.74) is 3.08. The van der Waals surface area contributed by atoms with E-state index in [-0.39, 0.29) is 6.42 Å². The summed E-state index contributed by atoms with van der Waals surface area (Å²) in [6.07, 6.45) is -0.297. The molecule has 0 radical (unpaired) electrons. The van der Waals surface area contributed by atoms with Crippen molar-refractivity contribution in [3.05, 3.63) is 0 Å². The first-order valence-electron chi connectivity index (χ1n) is 2.80. The Bertz CT molecular complexity index is 233. The Morgan fingerprint density at radius 2 is 2.00 bits per heavy atom. The Morgan fingerprint density at radius 1 is 1.55 bits per heavy atom. The summed E-state index contributed by atoms with van der Waals surface area (Å²) in [6.45, 7) is 0. The van der Waals surface area contributed by atoms with Crippen molar-refractivity contribution in [2.45, 2.75) is 12.5 Å². The van der Waals surface area contributed by atoms with Crippen molar-refractivity contribution < 1.29 is 28.6 Å². The third-order valence-corrected chi connectivity index (χ3v) is 1.79. The number of hydrogen-bond acceptors (Lipinski definition) is 5. The van der Waals surface area contributed by atoms with Crippen LogP contribution in [0.2, 0.25) is 0 Å². The van der Waals surface area contributed by atoms with Gasteiger partial charge in [-0.2, -0.15) is 0 Å². The fourth-order valence-corrected chi connectivity index (χ4v) is 0.978. The molecule has 0 aliphatic rings. The zero-order valence-corrected chi connectivity index (χ0v) is 6.46. The van der Waals surface area contributed by atoms with Crippen LogP contribution in [0.1, 0.15) is 6.42 Å². The molecule has 0 aromatic heterocycles. The molecule has 0 fully saturated rings. The van der Waals surface area contributed by atoms with E-state index in [1.54, 1.807) is 0 Å². The minimum Gasteiger partial charge on any atom is -0.748 e. The van der Waals surface area contributed by atoms with Gasteiger partial charge < -0.3 is 20.2 Å². The first-order valence-corrected chi connectivity index (χ1v) is 4.38. The molecule has 0 aliphatic heterocycles. The predicted octanol–water partition coefficient (Wildman–Crippen LogP) is -3.72. The summed E-state index contributed by atoms with van der Waals surface area (Å²) in [5, 5.41) is 9.95. The van der Waals surface area contributed by atoms with Crippen molar-refractivity contribution in [3.8, 4) is 0 Å². The monoisotopic (exact) mass is 182 g/mol. The van der Waals surface area contributed by atoms with Gasteiger partial charge in [0.15, 0.2) is 0 Å². The second-order valence-electron chi connectivity index (χ2n) is 2.07. The molecule has 0 bridgehead atoms. The van der Waals surface area contributed by atoms with Crippen molar-refractivity contribution >= 4 is 16.1 Å². The highest BCUT2D eigenvalue weighted by atomic mass is 32.2. The second-order valence-corrected chi connectivity index (χ2v) is 3.59. The minimum atomic E-state index is -4.33. The molecule has 1 atom stereocenters. The molecule has 3 N–H and O–H groups in total. The quantitative estimate of drug-likeness (QED) is 0.447. The van der Waals surface area contributed by atoms with E-state index < -0.39 is 27.9 Å². The number of rotatable bonds is 4. The maximum absolute atomic E-state index is 9.96. The molecule has 7 heteroatoms. The van der Waals surface area contributed by atoms with Gasteiger partial charge in [-0.25, -0.2) is 8.42 Å². The summed E-state index contributed by atoms with van der Waals surface area (Å²) in [6, 6.07) is -1.14. The lowest BCUT2D eigenvalue weighted by Gasteiger charge is -2.10. The lowest BCUT2D eigenvalue weighted by atomic mass is 10.2. The lowest BCUT2D eigenvalue weighted by molar-refractivity contribution is -0.437. The fraction of sp³-hybridized carbons (Fsp3) is 0.750. The molecule has 0 spiro atoms. The third kappa shape index (κ3) is 5.77. The van der Waals surface area contributed by atoms with Gasteiger partial charge in [-0.15, -0.1) is 0 Å². The van der Waals surface area contributed by atoms with Crippen molar-refractivity contribution in [1.82, 2.24) is 0 Å². The Kier molecular flexibility index (Phi) is 3.43. The predicted molar refractivity (Wildman–Crippen MR) is 30.9 cm³/mol. The molecular weight excluding hydrogens is 174 g/mol. The molecule has 0 amide bonds. The number of quaternary nitrogens is 1. The lowest BCUT2D eigenvalue weighted by Crippen LogP contribution is -2.68. The number of carbonyl (C=O) groups is 1. The van der Waals surface area contributed by atoms with E-state index in [2.05, 4.69) is 5.73 Å². The van der Waals surface area contributed by atoms with E-state index in [1.165, 1.54) is 0 Å². The minimum absolute atomic E-state index is 0.297. The maximum atomic E-state index is 9.96. The van der Waals surface area contributed by atoms with Crippen LogP contribution in [0.25, 0.3) is 0 Å². The van der Waals surface area contributed by atoms with Crippen molar-refractivity contribution in [3.63, 3.8) is 0 Å². The molecule has 11 heavy (non-hydrogen) atoms. The van der Waals surface area contributed by atoms with Crippen LogP contribution in [0.4, 0.5) is 0 Å². The summed E-state index contributed by atoms with van der Waals surface area (Å²) >= 11 is 0. The van der Waals surface area contributed by atoms with Crippen LogP contribution in [-0.4, -0.2) is 30.7 Å². The van der Waals surface area contributed by atoms with Crippen molar-refractivity contribution in [1.29, 1.82) is 0 Å². The van der Waals surface area contributed by atoms with Gasteiger partial charge in [0, 0.05) is 12.2 Å². The van der Waals surface area contributed by atoms with Crippen LogP contribution >= 0.6 is 0 Å². The van der Waals surface area contributed by atoms with E-state index >= 15 is 0 Å². The normalized spacial score (nSPS) is 14.4. The van der Waals surface area contributed by atoms with Crippen LogP contribution < -0.4 is 10.8 Å². The Labute approximate surface area is 63.8 Å². The van der Waals surface area contributed by atoms with Gasteiger partial charge in [-0.3, -0.25) is 0 Å². The van der Waals surface area contributed by atoms with E-state index in [9.17, 15) is 22.9 Å². The first-order chi connectivity index (χ1) is 4.83.